The van der Waals surface area contributed by atoms with Crippen LogP contribution in [0.5, 0.6) is 5.75 Å². The summed E-state index contributed by atoms with van der Waals surface area (Å²) in [5.74, 6) is 0.321. The van der Waals surface area contributed by atoms with Crippen LogP contribution in [0.4, 0.5) is 5.69 Å². The fraction of sp³-hybridized carbons (Fsp3) is 0.364. The summed E-state index contributed by atoms with van der Waals surface area (Å²) in [7, 11) is 0. The minimum absolute atomic E-state index is 0.0133. The molecule has 0 atom stereocenters. The summed E-state index contributed by atoms with van der Waals surface area (Å²) in [6.07, 6.45) is 3.12. The lowest BCUT2D eigenvalue weighted by Gasteiger charge is -2.26. The third-order valence-electron chi connectivity index (χ3n) is 2.66. The number of rotatable bonds is 3. The van der Waals surface area contributed by atoms with Gasteiger partial charge < -0.3 is 4.74 Å². The smallest absolute Gasteiger partial charge is 0.290 e. The molecule has 16 heavy (non-hydrogen) atoms. The number of nitro benzene ring substituents is 1. The quantitative estimate of drug-likeness (QED) is 0.576. The minimum Gasteiger partial charge on any atom is -0.489 e. The monoisotopic (exact) mass is 218 g/mol. The third-order valence-corrected chi connectivity index (χ3v) is 2.66. The van der Waals surface area contributed by atoms with Crippen LogP contribution in [0.2, 0.25) is 0 Å². The molecule has 0 aromatic heterocycles. The van der Waals surface area contributed by atoms with Crippen LogP contribution in [0.15, 0.2) is 18.2 Å². The normalized spacial score (nSPS) is 14.9. The van der Waals surface area contributed by atoms with Gasteiger partial charge in [0, 0.05) is 6.07 Å². The zero-order chi connectivity index (χ0) is 11.5. The zero-order valence-electron chi connectivity index (χ0n) is 8.55. The van der Waals surface area contributed by atoms with Crippen LogP contribution in [0.1, 0.15) is 24.8 Å². The average Bonchev–Trinajstić information content (AvgIpc) is 2.22. The molecule has 0 spiro atoms. The highest BCUT2D eigenvalue weighted by molar-refractivity contribution is 5.56. The van der Waals surface area contributed by atoms with Crippen LogP contribution in [0, 0.1) is 21.4 Å². The number of hydrogen-bond donors (Lipinski definition) is 0. The SMILES string of the molecule is N#Cc1c(OC2CCC2)cccc1[N+](=O)[O-]. The van der Waals surface area contributed by atoms with Crippen molar-refractivity contribution in [3.63, 3.8) is 0 Å². The number of hydrogen-bond acceptors (Lipinski definition) is 4. The molecule has 1 saturated carbocycles. The summed E-state index contributed by atoms with van der Waals surface area (Å²) in [4.78, 5) is 10.1. The maximum Gasteiger partial charge on any atom is 0.290 e. The first-order chi connectivity index (χ1) is 7.72. The molecular formula is C11H10N2O3. The topological polar surface area (TPSA) is 76.2 Å². The number of nitriles is 1. The Bertz CT molecular complexity index is 461. The van der Waals surface area contributed by atoms with Crippen molar-refractivity contribution in [3.8, 4) is 11.8 Å². The summed E-state index contributed by atoms with van der Waals surface area (Å²) in [5.41, 5.74) is -0.182. The Morgan fingerprint density at radius 3 is 2.75 bits per heavy atom. The Hall–Kier alpha value is -2.09. The van der Waals surface area contributed by atoms with Crippen molar-refractivity contribution in [3.05, 3.63) is 33.9 Å². The molecule has 0 unspecified atom stereocenters. The fourth-order valence-corrected chi connectivity index (χ4v) is 1.55. The van der Waals surface area contributed by atoms with E-state index in [1.165, 1.54) is 12.1 Å². The molecule has 1 aromatic rings. The standard InChI is InChI=1S/C11H10N2O3/c12-7-9-10(13(14)15)5-2-6-11(9)16-8-3-1-4-8/h2,5-6,8H,1,3-4H2. The molecule has 1 aliphatic rings. The highest BCUT2D eigenvalue weighted by Gasteiger charge is 2.24. The van der Waals surface area contributed by atoms with E-state index in [9.17, 15) is 10.1 Å². The molecule has 1 aromatic carbocycles. The number of ether oxygens (including phenoxy) is 1. The van der Waals surface area contributed by atoms with E-state index in [1.54, 1.807) is 6.07 Å². The molecule has 0 amide bonds. The second kappa shape index (κ2) is 4.19. The lowest BCUT2D eigenvalue weighted by molar-refractivity contribution is -0.385. The molecule has 0 N–H and O–H groups in total. The highest BCUT2D eigenvalue weighted by Crippen LogP contribution is 2.31. The van der Waals surface area contributed by atoms with Crippen molar-refractivity contribution in [1.29, 1.82) is 5.26 Å². The maximum absolute atomic E-state index is 10.7. The fourth-order valence-electron chi connectivity index (χ4n) is 1.55. The first-order valence-electron chi connectivity index (χ1n) is 5.06. The zero-order valence-corrected chi connectivity index (χ0v) is 8.55. The first-order valence-corrected chi connectivity index (χ1v) is 5.06. The van der Waals surface area contributed by atoms with Gasteiger partial charge in [-0.2, -0.15) is 5.26 Å². The molecule has 1 fully saturated rings. The van der Waals surface area contributed by atoms with Gasteiger partial charge in [-0.25, -0.2) is 0 Å². The van der Waals surface area contributed by atoms with Gasteiger partial charge in [-0.05, 0) is 25.3 Å². The molecular weight excluding hydrogens is 208 g/mol. The largest absolute Gasteiger partial charge is 0.489 e. The summed E-state index contributed by atoms with van der Waals surface area (Å²) >= 11 is 0. The molecule has 0 aliphatic heterocycles. The molecule has 2 rings (SSSR count). The number of benzene rings is 1. The van der Waals surface area contributed by atoms with E-state index in [-0.39, 0.29) is 17.4 Å². The van der Waals surface area contributed by atoms with E-state index in [4.69, 9.17) is 10.00 Å². The predicted octanol–water partition coefficient (Wildman–Crippen LogP) is 2.40. The van der Waals surface area contributed by atoms with Gasteiger partial charge in [-0.15, -0.1) is 0 Å². The van der Waals surface area contributed by atoms with E-state index >= 15 is 0 Å². The molecule has 0 bridgehead atoms. The Morgan fingerprint density at radius 2 is 2.25 bits per heavy atom. The van der Waals surface area contributed by atoms with Crippen LogP contribution in [-0.2, 0) is 0 Å². The van der Waals surface area contributed by atoms with E-state index in [2.05, 4.69) is 0 Å². The van der Waals surface area contributed by atoms with Crippen molar-refractivity contribution in [2.24, 2.45) is 0 Å². The molecule has 0 radical (unpaired) electrons. The third kappa shape index (κ3) is 1.82. The predicted molar refractivity (Wildman–Crippen MR) is 56.1 cm³/mol. The minimum atomic E-state index is -0.563. The van der Waals surface area contributed by atoms with Gasteiger partial charge in [0.25, 0.3) is 5.69 Å². The van der Waals surface area contributed by atoms with Gasteiger partial charge in [-0.3, -0.25) is 10.1 Å². The van der Waals surface area contributed by atoms with Crippen molar-refractivity contribution < 1.29 is 9.66 Å². The van der Waals surface area contributed by atoms with Crippen LogP contribution in [0.25, 0.3) is 0 Å². The Morgan fingerprint density at radius 1 is 1.50 bits per heavy atom. The second-order valence-electron chi connectivity index (χ2n) is 3.69. The summed E-state index contributed by atoms with van der Waals surface area (Å²) < 4.78 is 5.54. The van der Waals surface area contributed by atoms with Gasteiger partial charge in [-0.1, -0.05) is 6.07 Å². The van der Waals surface area contributed by atoms with Gasteiger partial charge in [0.1, 0.15) is 11.8 Å². The van der Waals surface area contributed by atoms with E-state index in [1.807, 2.05) is 6.07 Å². The summed E-state index contributed by atoms with van der Waals surface area (Å²) in [6, 6.07) is 6.28. The Balaban J connectivity index is 2.33. The van der Waals surface area contributed by atoms with Crippen molar-refractivity contribution >= 4 is 5.69 Å². The van der Waals surface area contributed by atoms with E-state index in [0.717, 1.165) is 19.3 Å². The second-order valence-corrected chi connectivity index (χ2v) is 3.69. The summed E-state index contributed by atoms with van der Waals surface area (Å²) in [5, 5.41) is 19.6. The van der Waals surface area contributed by atoms with Gasteiger partial charge in [0.15, 0.2) is 5.56 Å². The van der Waals surface area contributed by atoms with Crippen LogP contribution < -0.4 is 4.74 Å². The van der Waals surface area contributed by atoms with Crippen LogP contribution in [-0.4, -0.2) is 11.0 Å². The van der Waals surface area contributed by atoms with Crippen molar-refractivity contribution in [1.82, 2.24) is 0 Å². The number of nitro groups is 1. The molecule has 0 saturated heterocycles. The van der Waals surface area contributed by atoms with Crippen LogP contribution >= 0.6 is 0 Å². The number of nitrogens with zero attached hydrogens (tertiary/aromatic N) is 2. The molecule has 1 aliphatic carbocycles. The highest BCUT2D eigenvalue weighted by atomic mass is 16.6. The lowest BCUT2D eigenvalue weighted by Crippen LogP contribution is -2.25. The van der Waals surface area contributed by atoms with Crippen molar-refractivity contribution in [2.45, 2.75) is 25.4 Å². The van der Waals surface area contributed by atoms with E-state index < -0.39 is 4.92 Å². The van der Waals surface area contributed by atoms with E-state index in [0.29, 0.717) is 5.75 Å². The van der Waals surface area contributed by atoms with Gasteiger partial charge in [0.2, 0.25) is 0 Å². The first kappa shape index (κ1) is 10.4. The Labute approximate surface area is 92.4 Å². The molecule has 0 heterocycles. The molecule has 5 heteroatoms. The van der Waals surface area contributed by atoms with Crippen molar-refractivity contribution in [2.75, 3.05) is 0 Å². The average molecular weight is 218 g/mol. The Kier molecular flexibility index (Phi) is 2.73. The molecule has 82 valence electrons. The van der Waals surface area contributed by atoms with Gasteiger partial charge in [0.05, 0.1) is 11.0 Å². The van der Waals surface area contributed by atoms with Crippen LogP contribution in [0.3, 0.4) is 0 Å². The lowest BCUT2D eigenvalue weighted by atomic mass is 9.96. The summed E-state index contributed by atoms with van der Waals surface area (Å²) in [6.45, 7) is 0. The molecule has 5 nitrogen and oxygen atoms in total. The van der Waals surface area contributed by atoms with Gasteiger partial charge >= 0.3 is 0 Å². The maximum atomic E-state index is 10.7.